The molecule has 1 aromatic carbocycles. The topological polar surface area (TPSA) is 79.6 Å². The molecule has 1 atom stereocenters. The first kappa shape index (κ1) is 22.2. The minimum atomic E-state index is -3.63. The number of rotatable bonds is 8. The molecule has 0 saturated carbocycles. The van der Waals surface area contributed by atoms with E-state index in [-0.39, 0.29) is 24.1 Å². The van der Waals surface area contributed by atoms with Crippen molar-refractivity contribution in [1.82, 2.24) is 9.62 Å². The molecule has 9 heteroatoms. The first-order valence-corrected chi connectivity index (χ1v) is 11.9. The molecule has 3 rings (SSSR count). The Bertz CT molecular complexity index is 912. The fourth-order valence-corrected chi connectivity index (χ4v) is 5.79. The summed E-state index contributed by atoms with van der Waals surface area (Å²) in [7, 11) is -3.63. The number of aryl methyl sites for hydroxylation is 1. The van der Waals surface area contributed by atoms with E-state index in [9.17, 15) is 13.2 Å². The Balaban J connectivity index is 1.54. The highest BCUT2D eigenvalue weighted by Crippen LogP contribution is 2.29. The molecule has 1 saturated heterocycles. The van der Waals surface area contributed by atoms with Crippen LogP contribution in [0.1, 0.15) is 30.6 Å². The zero-order valence-corrected chi connectivity index (χ0v) is 18.3. The summed E-state index contributed by atoms with van der Waals surface area (Å²) in [5.74, 6) is 0.139. The summed E-state index contributed by atoms with van der Waals surface area (Å²) in [5, 5.41) is 3.56. The molecule has 1 aliphatic rings. The Morgan fingerprint density at radius 1 is 1.21 bits per heavy atom. The molecule has 0 spiro atoms. The van der Waals surface area contributed by atoms with E-state index in [1.807, 2.05) is 12.1 Å². The van der Waals surface area contributed by atoms with Crippen molar-refractivity contribution in [2.24, 2.45) is 5.92 Å². The maximum Gasteiger partial charge on any atom is 0.224 e. The number of carbonyl (C=O) groups is 1. The molecule has 29 heavy (non-hydrogen) atoms. The van der Waals surface area contributed by atoms with Crippen molar-refractivity contribution in [3.05, 3.63) is 58.0 Å². The van der Waals surface area contributed by atoms with Crippen LogP contribution in [0.2, 0.25) is 10.0 Å². The minimum Gasteiger partial charge on any atom is -0.469 e. The summed E-state index contributed by atoms with van der Waals surface area (Å²) in [6.07, 6.45) is 4.44. The number of benzene rings is 1. The van der Waals surface area contributed by atoms with Crippen molar-refractivity contribution in [1.29, 1.82) is 0 Å². The van der Waals surface area contributed by atoms with E-state index in [1.54, 1.807) is 24.5 Å². The first-order chi connectivity index (χ1) is 13.9. The smallest absolute Gasteiger partial charge is 0.224 e. The maximum absolute atomic E-state index is 12.9. The number of nitrogens with zero attached hydrogens (tertiary/aromatic N) is 1. The van der Waals surface area contributed by atoms with Crippen molar-refractivity contribution in [2.75, 3.05) is 19.6 Å². The Kier molecular flexibility index (Phi) is 7.62. The van der Waals surface area contributed by atoms with Crippen molar-refractivity contribution >= 4 is 39.1 Å². The van der Waals surface area contributed by atoms with Gasteiger partial charge in [0.25, 0.3) is 0 Å². The standard InChI is InChI=1S/C20H24Cl2N2O4S/c21-18-8-1-9-19(22)17(18)14-29(26,27)24-11-3-5-15(13-24)20(25)23-10-2-6-16-7-4-12-28-16/h1,4,7-9,12,15H,2-3,5-6,10-11,13-14H2,(H,23,25). The van der Waals surface area contributed by atoms with E-state index < -0.39 is 10.0 Å². The summed E-state index contributed by atoms with van der Waals surface area (Å²) < 4.78 is 32.4. The second kappa shape index (κ2) is 9.98. The van der Waals surface area contributed by atoms with Gasteiger partial charge in [-0.25, -0.2) is 12.7 Å². The molecule has 0 bridgehead atoms. The Hall–Kier alpha value is -1.54. The molecule has 0 radical (unpaired) electrons. The summed E-state index contributed by atoms with van der Waals surface area (Å²) >= 11 is 12.2. The molecule has 2 heterocycles. The third-order valence-electron chi connectivity index (χ3n) is 5.02. The molecular weight excluding hydrogens is 435 g/mol. The van der Waals surface area contributed by atoms with Gasteiger partial charge in [-0.3, -0.25) is 4.79 Å². The number of carbonyl (C=O) groups excluding carboxylic acids is 1. The lowest BCUT2D eigenvalue weighted by Crippen LogP contribution is -2.45. The van der Waals surface area contributed by atoms with E-state index in [0.29, 0.717) is 41.5 Å². The van der Waals surface area contributed by atoms with Crippen LogP contribution in [0.4, 0.5) is 0 Å². The van der Waals surface area contributed by atoms with Gasteiger partial charge in [-0.2, -0.15) is 0 Å². The van der Waals surface area contributed by atoms with Gasteiger partial charge in [0.15, 0.2) is 0 Å². The molecule has 0 aliphatic carbocycles. The zero-order valence-electron chi connectivity index (χ0n) is 15.9. The van der Waals surface area contributed by atoms with Crippen molar-refractivity contribution < 1.29 is 17.6 Å². The van der Waals surface area contributed by atoms with Crippen molar-refractivity contribution in [3.8, 4) is 0 Å². The van der Waals surface area contributed by atoms with Gasteiger partial charge in [0.1, 0.15) is 5.76 Å². The van der Waals surface area contributed by atoms with E-state index in [0.717, 1.165) is 18.6 Å². The van der Waals surface area contributed by atoms with Gasteiger partial charge in [-0.15, -0.1) is 0 Å². The van der Waals surface area contributed by atoms with Crippen LogP contribution in [0.5, 0.6) is 0 Å². The van der Waals surface area contributed by atoms with E-state index in [4.69, 9.17) is 27.6 Å². The number of sulfonamides is 1. The molecule has 2 aromatic rings. The Morgan fingerprint density at radius 2 is 1.97 bits per heavy atom. The average molecular weight is 459 g/mol. The second-order valence-corrected chi connectivity index (χ2v) is 9.91. The van der Waals surface area contributed by atoms with Gasteiger partial charge in [-0.1, -0.05) is 29.3 Å². The Morgan fingerprint density at radius 3 is 2.66 bits per heavy atom. The summed E-state index contributed by atoms with van der Waals surface area (Å²) in [6.45, 7) is 1.10. The number of halogens is 2. The second-order valence-electron chi connectivity index (χ2n) is 7.13. The van der Waals surface area contributed by atoms with Crippen LogP contribution in [0.15, 0.2) is 41.0 Å². The van der Waals surface area contributed by atoms with Crippen LogP contribution in [0.25, 0.3) is 0 Å². The molecular formula is C20H24Cl2N2O4S. The lowest BCUT2D eigenvalue weighted by Gasteiger charge is -2.31. The fraction of sp³-hybridized carbons (Fsp3) is 0.450. The number of nitrogens with one attached hydrogen (secondary N) is 1. The van der Waals surface area contributed by atoms with Gasteiger partial charge >= 0.3 is 0 Å². The predicted molar refractivity (Wildman–Crippen MR) is 113 cm³/mol. The summed E-state index contributed by atoms with van der Waals surface area (Å²) in [5.41, 5.74) is 0.389. The molecule has 158 valence electrons. The summed E-state index contributed by atoms with van der Waals surface area (Å²) in [4.78, 5) is 12.5. The fourth-order valence-electron chi connectivity index (χ4n) is 3.43. The molecule has 1 aliphatic heterocycles. The maximum atomic E-state index is 12.9. The van der Waals surface area contributed by atoms with Crippen LogP contribution >= 0.6 is 23.2 Å². The minimum absolute atomic E-state index is 0.111. The lowest BCUT2D eigenvalue weighted by atomic mass is 9.99. The van der Waals surface area contributed by atoms with Crippen LogP contribution in [-0.2, 0) is 27.0 Å². The van der Waals surface area contributed by atoms with Crippen LogP contribution in [0.3, 0.4) is 0 Å². The average Bonchev–Trinajstić information content (AvgIpc) is 3.22. The van der Waals surface area contributed by atoms with E-state index in [2.05, 4.69) is 5.32 Å². The highest BCUT2D eigenvalue weighted by Gasteiger charge is 2.33. The largest absolute Gasteiger partial charge is 0.469 e. The predicted octanol–water partition coefficient (Wildman–Crippen LogP) is 3.88. The monoisotopic (exact) mass is 458 g/mol. The SMILES string of the molecule is O=C(NCCCc1ccco1)C1CCCN(S(=O)(=O)Cc2c(Cl)cccc2Cl)C1. The van der Waals surface area contributed by atoms with Gasteiger partial charge in [-0.05, 0) is 43.5 Å². The van der Waals surface area contributed by atoms with Gasteiger partial charge in [0.2, 0.25) is 15.9 Å². The lowest BCUT2D eigenvalue weighted by molar-refractivity contribution is -0.126. The van der Waals surface area contributed by atoms with E-state index >= 15 is 0 Å². The van der Waals surface area contributed by atoms with E-state index in [1.165, 1.54) is 4.31 Å². The van der Waals surface area contributed by atoms with Gasteiger partial charge in [0, 0.05) is 41.7 Å². The van der Waals surface area contributed by atoms with Crippen molar-refractivity contribution in [3.63, 3.8) is 0 Å². The highest BCUT2D eigenvalue weighted by atomic mass is 35.5. The molecule has 1 aromatic heterocycles. The molecule has 1 unspecified atom stereocenters. The van der Waals surface area contributed by atoms with Crippen molar-refractivity contribution in [2.45, 2.75) is 31.4 Å². The number of piperidine rings is 1. The molecule has 6 nitrogen and oxygen atoms in total. The number of hydrogen-bond donors (Lipinski definition) is 1. The molecule has 1 fully saturated rings. The zero-order chi connectivity index (χ0) is 20.9. The number of amides is 1. The molecule has 1 amide bonds. The van der Waals surface area contributed by atoms with Crippen LogP contribution in [0, 0.1) is 5.92 Å². The number of furan rings is 1. The third kappa shape index (κ3) is 5.98. The van der Waals surface area contributed by atoms with Gasteiger partial charge < -0.3 is 9.73 Å². The number of hydrogen-bond acceptors (Lipinski definition) is 4. The summed E-state index contributed by atoms with van der Waals surface area (Å²) in [6, 6.07) is 8.65. The van der Waals surface area contributed by atoms with Crippen LogP contribution < -0.4 is 5.32 Å². The highest BCUT2D eigenvalue weighted by molar-refractivity contribution is 7.88. The molecule has 1 N–H and O–H groups in total. The van der Waals surface area contributed by atoms with Crippen LogP contribution in [-0.4, -0.2) is 38.3 Å². The normalized spacial score (nSPS) is 17.9. The van der Waals surface area contributed by atoms with Gasteiger partial charge in [0.05, 0.1) is 17.9 Å². The quantitative estimate of drug-likeness (QED) is 0.608. The first-order valence-electron chi connectivity index (χ1n) is 9.57. The third-order valence-corrected chi connectivity index (χ3v) is 7.50. The Labute approximate surface area is 181 Å².